The number of anilines is 1. The number of benzene rings is 3. The molecule has 2 amide bonds. The van der Waals surface area contributed by atoms with Gasteiger partial charge in [-0.05, 0) is 67.3 Å². The minimum atomic E-state index is -4.13. The Bertz CT molecular complexity index is 1360. The van der Waals surface area contributed by atoms with Crippen LogP contribution in [-0.2, 0) is 26.2 Å². The highest BCUT2D eigenvalue weighted by Gasteiger charge is 2.34. The number of carbonyl (C=O) groups is 2. The van der Waals surface area contributed by atoms with E-state index in [0.717, 1.165) is 15.4 Å². The van der Waals surface area contributed by atoms with Crippen molar-refractivity contribution in [2.45, 2.75) is 44.7 Å². The van der Waals surface area contributed by atoms with Gasteiger partial charge in [-0.15, -0.1) is 0 Å². The van der Waals surface area contributed by atoms with Crippen molar-refractivity contribution in [2.75, 3.05) is 17.9 Å². The first kappa shape index (κ1) is 28.2. The van der Waals surface area contributed by atoms with Crippen molar-refractivity contribution in [3.8, 4) is 0 Å². The van der Waals surface area contributed by atoms with Gasteiger partial charge in [0.15, 0.2) is 0 Å². The van der Waals surface area contributed by atoms with Crippen molar-refractivity contribution in [1.82, 2.24) is 10.2 Å². The molecule has 3 rings (SSSR count). The molecule has 0 saturated heterocycles. The van der Waals surface area contributed by atoms with Crippen LogP contribution in [0, 0.1) is 13.8 Å². The molecule has 3 aromatic carbocycles. The van der Waals surface area contributed by atoms with E-state index < -0.39 is 28.5 Å². The van der Waals surface area contributed by atoms with E-state index in [1.54, 1.807) is 31.2 Å². The zero-order valence-corrected chi connectivity index (χ0v) is 23.0. The Balaban J connectivity index is 2.08. The van der Waals surface area contributed by atoms with Crippen molar-refractivity contribution < 1.29 is 18.0 Å². The van der Waals surface area contributed by atoms with Crippen LogP contribution in [0.2, 0.25) is 5.02 Å². The molecule has 0 fully saturated rings. The summed E-state index contributed by atoms with van der Waals surface area (Å²) in [5, 5.41) is 3.03. The SMILES string of the molecule is CC[C@@H](C(=O)NC)N(Cc1ccccc1C)C(=O)CN(c1ccccc1C)S(=O)(=O)c1ccc(Cl)cc1. The van der Waals surface area contributed by atoms with Gasteiger partial charge in [0.25, 0.3) is 10.0 Å². The van der Waals surface area contributed by atoms with Gasteiger partial charge < -0.3 is 10.2 Å². The van der Waals surface area contributed by atoms with Crippen molar-refractivity contribution >= 4 is 39.1 Å². The maximum atomic E-state index is 13.9. The number of halogens is 1. The summed E-state index contributed by atoms with van der Waals surface area (Å²) in [5.41, 5.74) is 2.92. The highest BCUT2D eigenvalue weighted by molar-refractivity contribution is 7.92. The molecule has 0 aliphatic heterocycles. The molecule has 7 nitrogen and oxygen atoms in total. The van der Waals surface area contributed by atoms with Crippen LogP contribution in [0.3, 0.4) is 0 Å². The van der Waals surface area contributed by atoms with Gasteiger partial charge >= 0.3 is 0 Å². The minimum Gasteiger partial charge on any atom is -0.357 e. The standard InChI is InChI=1S/C28H32ClN3O4S/c1-5-25(28(34)30-4)31(18-22-12-8-6-10-20(22)2)27(33)19-32(26-13-9-7-11-21(26)3)37(35,36)24-16-14-23(29)15-17-24/h6-17,25H,5,18-19H2,1-4H3,(H,30,34)/t25-/m0/s1. The summed E-state index contributed by atoms with van der Waals surface area (Å²) >= 11 is 5.99. The summed E-state index contributed by atoms with van der Waals surface area (Å²) in [6.45, 7) is 5.23. The second-order valence-electron chi connectivity index (χ2n) is 8.74. The lowest BCUT2D eigenvalue weighted by Crippen LogP contribution is -2.52. The van der Waals surface area contributed by atoms with E-state index >= 15 is 0 Å². The monoisotopic (exact) mass is 541 g/mol. The molecule has 0 aliphatic carbocycles. The number of likely N-dealkylation sites (N-methyl/N-ethyl adjacent to an activating group) is 1. The molecule has 0 spiro atoms. The van der Waals surface area contributed by atoms with E-state index in [0.29, 0.717) is 22.7 Å². The zero-order chi connectivity index (χ0) is 27.2. The van der Waals surface area contributed by atoms with Crippen LogP contribution in [0.25, 0.3) is 0 Å². The quantitative estimate of drug-likeness (QED) is 0.403. The number of para-hydroxylation sites is 1. The Morgan fingerprint density at radius 3 is 2.08 bits per heavy atom. The summed E-state index contributed by atoms with van der Waals surface area (Å²) in [7, 11) is -2.61. The van der Waals surface area contributed by atoms with Crippen LogP contribution in [0.1, 0.15) is 30.0 Å². The van der Waals surface area contributed by atoms with Gasteiger partial charge in [-0.2, -0.15) is 0 Å². The Kier molecular flexibility index (Phi) is 9.34. The predicted octanol–water partition coefficient (Wildman–Crippen LogP) is 4.71. The maximum absolute atomic E-state index is 13.9. The number of nitrogens with zero attached hydrogens (tertiary/aromatic N) is 2. The number of hydrogen-bond donors (Lipinski definition) is 1. The molecule has 0 aromatic heterocycles. The molecule has 0 aliphatic rings. The molecule has 0 bridgehead atoms. The fourth-order valence-electron chi connectivity index (χ4n) is 4.15. The Morgan fingerprint density at radius 1 is 0.919 bits per heavy atom. The number of nitrogens with one attached hydrogen (secondary N) is 1. The highest BCUT2D eigenvalue weighted by atomic mass is 35.5. The first-order chi connectivity index (χ1) is 17.6. The van der Waals surface area contributed by atoms with Crippen LogP contribution in [0.15, 0.2) is 77.7 Å². The van der Waals surface area contributed by atoms with E-state index in [1.807, 2.05) is 38.1 Å². The molecule has 0 radical (unpaired) electrons. The zero-order valence-electron chi connectivity index (χ0n) is 21.4. The molecular weight excluding hydrogens is 510 g/mol. The fraction of sp³-hybridized carbons (Fsp3) is 0.286. The van der Waals surface area contributed by atoms with Gasteiger partial charge in [0.05, 0.1) is 10.6 Å². The maximum Gasteiger partial charge on any atom is 0.264 e. The number of hydrogen-bond acceptors (Lipinski definition) is 4. The number of amides is 2. The number of rotatable bonds is 10. The van der Waals surface area contributed by atoms with E-state index in [9.17, 15) is 18.0 Å². The average molecular weight is 542 g/mol. The van der Waals surface area contributed by atoms with Crippen LogP contribution in [0.4, 0.5) is 5.69 Å². The molecule has 0 saturated carbocycles. The van der Waals surface area contributed by atoms with Crippen molar-refractivity contribution in [3.63, 3.8) is 0 Å². The molecule has 196 valence electrons. The first-order valence-electron chi connectivity index (χ1n) is 12.0. The molecular formula is C28H32ClN3O4S. The lowest BCUT2D eigenvalue weighted by atomic mass is 10.1. The summed E-state index contributed by atoms with van der Waals surface area (Å²) in [5.74, 6) is -0.799. The third-order valence-corrected chi connectivity index (χ3v) is 8.32. The molecule has 3 aromatic rings. The van der Waals surface area contributed by atoms with Crippen LogP contribution < -0.4 is 9.62 Å². The summed E-state index contributed by atoms with van der Waals surface area (Å²) < 4.78 is 28.8. The molecule has 1 atom stereocenters. The second kappa shape index (κ2) is 12.3. The number of aryl methyl sites for hydroxylation is 2. The number of sulfonamides is 1. The predicted molar refractivity (Wildman–Crippen MR) is 147 cm³/mol. The molecule has 0 heterocycles. The van der Waals surface area contributed by atoms with Crippen molar-refractivity contribution in [2.24, 2.45) is 0 Å². The largest absolute Gasteiger partial charge is 0.357 e. The van der Waals surface area contributed by atoms with Gasteiger partial charge in [-0.1, -0.05) is 61.0 Å². The smallest absolute Gasteiger partial charge is 0.264 e. The van der Waals surface area contributed by atoms with Gasteiger partial charge in [0.2, 0.25) is 11.8 Å². The Labute approximate surface area is 224 Å². The van der Waals surface area contributed by atoms with Crippen LogP contribution in [0.5, 0.6) is 0 Å². The van der Waals surface area contributed by atoms with Gasteiger partial charge in [-0.25, -0.2) is 8.42 Å². The summed E-state index contributed by atoms with van der Waals surface area (Å²) in [6.07, 6.45) is 0.367. The fourth-order valence-corrected chi connectivity index (χ4v) is 5.75. The van der Waals surface area contributed by atoms with Crippen LogP contribution >= 0.6 is 11.6 Å². The van der Waals surface area contributed by atoms with Gasteiger partial charge in [0.1, 0.15) is 12.6 Å². The normalized spacial score (nSPS) is 12.0. The van der Waals surface area contributed by atoms with E-state index in [-0.39, 0.29) is 17.3 Å². The minimum absolute atomic E-state index is 0.0109. The first-order valence-corrected chi connectivity index (χ1v) is 13.8. The van der Waals surface area contributed by atoms with E-state index in [1.165, 1.54) is 36.2 Å². The molecule has 0 unspecified atom stereocenters. The van der Waals surface area contributed by atoms with Crippen LogP contribution in [-0.4, -0.2) is 44.8 Å². The number of carbonyl (C=O) groups excluding carboxylic acids is 2. The third-order valence-electron chi connectivity index (χ3n) is 6.30. The van der Waals surface area contributed by atoms with Crippen molar-refractivity contribution in [1.29, 1.82) is 0 Å². The Hall–Kier alpha value is -3.36. The van der Waals surface area contributed by atoms with E-state index in [2.05, 4.69) is 5.32 Å². The highest BCUT2D eigenvalue weighted by Crippen LogP contribution is 2.28. The second-order valence-corrected chi connectivity index (χ2v) is 11.0. The third kappa shape index (κ3) is 6.50. The van der Waals surface area contributed by atoms with Gasteiger partial charge in [-0.3, -0.25) is 13.9 Å². The lowest BCUT2D eigenvalue weighted by Gasteiger charge is -2.33. The van der Waals surface area contributed by atoms with E-state index in [4.69, 9.17) is 11.6 Å². The summed E-state index contributed by atoms with van der Waals surface area (Å²) in [6, 6.07) is 19.6. The molecule has 1 N–H and O–H groups in total. The Morgan fingerprint density at radius 2 is 1.51 bits per heavy atom. The lowest BCUT2D eigenvalue weighted by molar-refractivity contribution is -0.140. The topological polar surface area (TPSA) is 86.8 Å². The molecule has 37 heavy (non-hydrogen) atoms. The average Bonchev–Trinajstić information content (AvgIpc) is 2.88. The summed E-state index contributed by atoms with van der Waals surface area (Å²) in [4.78, 5) is 28.2. The van der Waals surface area contributed by atoms with Gasteiger partial charge in [0, 0.05) is 18.6 Å². The molecule has 9 heteroatoms. The van der Waals surface area contributed by atoms with Crippen molar-refractivity contribution in [3.05, 3.63) is 94.5 Å².